The Morgan fingerprint density at radius 1 is 1.35 bits per heavy atom. The van der Waals surface area contributed by atoms with E-state index < -0.39 is 0 Å². The Balaban J connectivity index is 1.68. The van der Waals surface area contributed by atoms with Gasteiger partial charge in [0.05, 0.1) is 19.0 Å². The van der Waals surface area contributed by atoms with Gasteiger partial charge in [-0.25, -0.2) is 15.0 Å². The smallest absolute Gasteiger partial charge is 0.167 e. The lowest BCUT2D eigenvalue weighted by Crippen LogP contribution is -2.21. The van der Waals surface area contributed by atoms with E-state index in [0.717, 1.165) is 0 Å². The number of fused-ring (bicyclic) bond motifs is 2. The minimum Gasteiger partial charge on any atom is -0.382 e. The first-order chi connectivity index (χ1) is 9.79. The largest absolute Gasteiger partial charge is 0.382 e. The zero-order valence-corrected chi connectivity index (χ0v) is 10.2. The molecule has 2 aromatic rings. The molecule has 0 unspecified atom stereocenters. The summed E-state index contributed by atoms with van der Waals surface area (Å²) in [5.41, 5.74) is 15.2. The molecule has 10 heteroatoms. The summed E-state index contributed by atoms with van der Waals surface area (Å²) in [4.78, 5) is 15.0. The first kappa shape index (κ1) is 11.4. The van der Waals surface area contributed by atoms with E-state index in [1.165, 1.54) is 6.33 Å². The van der Waals surface area contributed by atoms with Crippen LogP contribution in [0.1, 0.15) is 6.23 Å². The number of rotatable bonds is 3. The third-order valence-electron chi connectivity index (χ3n) is 3.51. The molecular formula is C10H10N8O2. The maximum atomic E-state index is 8.36. The maximum Gasteiger partial charge on any atom is 0.167 e. The number of hydrogen-bond acceptors (Lipinski definition) is 7. The molecular weight excluding hydrogens is 264 g/mol. The fourth-order valence-corrected chi connectivity index (χ4v) is 2.54. The molecule has 2 N–H and O–H groups in total. The highest BCUT2D eigenvalue weighted by molar-refractivity contribution is 5.81. The second-order valence-corrected chi connectivity index (χ2v) is 4.63. The lowest BCUT2D eigenvalue weighted by Gasteiger charge is -2.17. The third kappa shape index (κ3) is 1.53. The van der Waals surface area contributed by atoms with Crippen LogP contribution in [-0.2, 0) is 9.47 Å². The van der Waals surface area contributed by atoms with Gasteiger partial charge in [0.1, 0.15) is 24.1 Å². The number of nitrogens with two attached hydrogens (primary N) is 1. The molecule has 2 aliphatic rings. The monoisotopic (exact) mass is 274 g/mol. The molecule has 0 aromatic carbocycles. The summed E-state index contributed by atoms with van der Waals surface area (Å²) in [5, 5.41) is 3.53. The van der Waals surface area contributed by atoms with Crippen molar-refractivity contribution in [2.45, 2.75) is 24.5 Å². The number of nitrogen functional groups attached to an aromatic ring is 1. The molecule has 102 valence electrons. The SMILES string of the molecule is [N-]=[N+]=NC[C@@H]1O[C@H](n2cnc3c(N)ncnc32)[C@H]2O[C@@H]21. The van der Waals surface area contributed by atoms with Crippen LogP contribution in [0.3, 0.4) is 0 Å². The number of anilines is 1. The quantitative estimate of drug-likeness (QED) is 0.371. The molecule has 2 fully saturated rings. The van der Waals surface area contributed by atoms with Crippen molar-refractivity contribution in [2.75, 3.05) is 12.3 Å². The van der Waals surface area contributed by atoms with Gasteiger partial charge >= 0.3 is 0 Å². The van der Waals surface area contributed by atoms with Crippen molar-refractivity contribution in [3.8, 4) is 0 Å². The zero-order chi connectivity index (χ0) is 13.7. The van der Waals surface area contributed by atoms with Gasteiger partial charge in [0.15, 0.2) is 17.7 Å². The van der Waals surface area contributed by atoms with E-state index in [1.54, 1.807) is 10.9 Å². The molecule has 0 bridgehead atoms. The average molecular weight is 274 g/mol. The number of hydrogen-bond donors (Lipinski definition) is 1. The van der Waals surface area contributed by atoms with Crippen molar-refractivity contribution in [1.82, 2.24) is 19.5 Å². The molecule has 0 amide bonds. The number of ether oxygens (including phenoxy) is 2. The molecule has 0 saturated carbocycles. The summed E-state index contributed by atoms with van der Waals surface area (Å²) < 4.78 is 13.2. The van der Waals surface area contributed by atoms with Crippen LogP contribution in [0.25, 0.3) is 21.6 Å². The highest BCUT2D eigenvalue weighted by Gasteiger charge is 2.58. The summed E-state index contributed by atoms with van der Waals surface area (Å²) in [6, 6.07) is 0. The lowest BCUT2D eigenvalue weighted by molar-refractivity contribution is -0.0605. The average Bonchev–Trinajstić information content (AvgIpc) is 2.99. The normalized spacial score (nSPS) is 31.0. The fraction of sp³-hybridized carbons (Fsp3) is 0.500. The molecule has 20 heavy (non-hydrogen) atoms. The van der Waals surface area contributed by atoms with Crippen LogP contribution >= 0.6 is 0 Å². The Hall–Kier alpha value is -2.42. The fourth-order valence-electron chi connectivity index (χ4n) is 2.54. The predicted molar refractivity (Wildman–Crippen MR) is 66.3 cm³/mol. The molecule has 0 aliphatic carbocycles. The van der Waals surface area contributed by atoms with Crippen molar-refractivity contribution >= 4 is 17.0 Å². The Kier molecular flexibility index (Phi) is 2.30. The first-order valence-electron chi connectivity index (χ1n) is 6.04. The van der Waals surface area contributed by atoms with Crippen molar-refractivity contribution < 1.29 is 9.47 Å². The highest BCUT2D eigenvalue weighted by Crippen LogP contribution is 2.45. The van der Waals surface area contributed by atoms with E-state index in [4.69, 9.17) is 20.7 Å². The molecule has 4 atom stereocenters. The van der Waals surface area contributed by atoms with Gasteiger partial charge in [0.2, 0.25) is 0 Å². The highest BCUT2D eigenvalue weighted by atomic mass is 16.7. The van der Waals surface area contributed by atoms with Crippen LogP contribution < -0.4 is 5.73 Å². The van der Waals surface area contributed by atoms with Crippen molar-refractivity contribution in [2.24, 2.45) is 5.11 Å². The van der Waals surface area contributed by atoms with Gasteiger partial charge < -0.3 is 15.2 Å². The van der Waals surface area contributed by atoms with Gasteiger partial charge in [-0.05, 0) is 5.53 Å². The van der Waals surface area contributed by atoms with Gasteiger partial charge in [-0.15, -0.1) is 0 Å². The van der Waals surface area contributed by atoms with Gasteiger partial charge in [0, 0.05) is 4.91 Å². The number of azide groups is 1. The van der Waals surface area contributed by atoms with Crippen LogP contribution in [-0.4, -0.2) is 44.4 Å². The minimum atomic E-state index is -0.335. The van der Waals surface area contributed by atoms with E-state index in [2.05, 4.69) is 25.0 Å². The first-order valence-corrected chi connectivity index (χ1v) is 6.04. The van der Waals surface area contributed by atoms with E-state index in [-0.39, 0.29) is 31.1 Å². The van der Waals surface area contributed by atoms with Crippen molar-refractivity contribution in [3.63, 3.8) is 0 Å². The van der Waals surface area contributed by atoms with E-state index >= 15 is 0 Å². The van der Waals surface area contributed by atoms with Crippen LogP contribution in [0.5, 0.6) is 0 Å². The molecule has 4 heterocycles. The number of imidazole rings is 1. The Morgan fingerprint density at radius 3 is 3.10 bits per heavy atom. The lowest BCUT2D eigenvalue weighted by atomic mass is 10.2. The van der Waals surface area contributed by atoms with Gasteiger partial charge in [-0.2, -0.15) is 0 Å². The topological polar surface area (TPSA) is 140 Å². The van der Waals surface area contributed by atoms with Gasteiger partial charge in [-0.3, -0.25) is 4.57 Å². The number of epoxide rings is 1. The summed E-state index contributed by atoms with van der Waals surface area (Å²) in [7, 11) is 0. The van der Waals surface area contributed by atoms with Gasteiger partial charge in [-0.1, -0.05) is 5.11 Å². The number of aromatic nitrogens is 4. The van der Waals surface area contributed by atoms with E-state index in [9.17, 15) is 0 Å². The molecule has 2 aliphatic heterocycles. The molecule has 10 nitrogen and oxygen atoms in total. The Bertz CT molecular complexity index is 723. The second kappa shape index (κ2) is 4.04. The summed E-state index contributed by atoms with van der Waals surface area (Å²) in [6.07, 6.45) is 2.31. The molecule has 0 radical (unpaired) electrons. The molecule has 4 rings (SSSR count). The van der Waals surface area contributed by atoms with Crippen molar-refractivity contribution in [3.05, 3.63) is 23.1 Å². The summed E-state index contributed by atoms with van der Waals surface area (Å²) >= 11 is 0. The van der Waals surface area contributed by atoms with E-state index in [1.807, 2.05) is 0 Å². The number of nitrogens with zero attached hydrogens (tertiary/aromatic N) is 7. The third-order valence-corrected chi connectivity index (χ3v) is 3.51. The maximum absolute atomic E-state index is 8.36. The van der Waals surface area contributed by atoms with Gasteiger partial charge in [0.25, 0.3) is 0 Å². The molecule has 2 aromatic heterocycles. The molecule has 0 spiro atoms. The zero-order valence-electron chi connectivity index (χ0n) is 10.2. The Morgan fingerprint density at radius 2 is 2.25 bits per heavy atom. The van der Waals surface area contributed by atoms with Crippen LogP contribution in [0, 0.1) is 0 Å². The Labute approximate surface area is 112 Å². The van der Waals surface area contributed by atoms with Crippen LogP contribution in [0.4, 0.5) is 5.82 Å². The summed E-state index contributed by atoms with van der Waals surface area (Å²) in [6.45, 7) is 0.248. The van der Waals surface area contributed by atoms with Crippen LogP contribution in [0.2, 0.25) is 0 Å². The summed E-state index contributed by atoms with van der Waals surface area (Å²) in [5.74, 6) is 0.325. The predicted octanol–water partition coefficient (Wildman–Crippen LogP) is 0.384. The van der Waals surface area contributed by atoms with E-state index in [0.29, 0.717) is 17.0 Å². The second-order valence-electron chi connectivity index (χ2n) is 4.63. The molecule has 2 saturated heterocycles. The minimum absolute atomic E-state index is 0.0397. The standard InChI is InChI=1S/C10H10N8O2/c11-8-5-9(14-2-13-8)18(3-15-5)10-7-6(20-7)4(19-10)1-16-17-12/h2-4,6-7,10H,1H2,(H2,11,13,14)/t4-,6+,7-,10-/m0/s1. The van der Waals surface area contributed by atoms with Crippen molar-refractivity contribution in [1.29, 1.82) is 0 Å². The van der Waals surface area contributed by atoms with Crippen LogP contribution in [0.15, 0.2) is 17.8 Å².